The minimum Gasteiger partial charge on any atom is -0.354 e. The molecular formula is C28H31Cl2N3O4S. The third-order valence-electron chi connectivity index (χ3n) is 6.79. The molecule has 3 aromatic carbocycles. The third-order valence-corrected chi connectivity index (χ3v) is 9.23. The van der Waals surface area contributed by atoms with Gasteiger partial charge in [0.05, 0.1) is 10.6 Å². The van der Waals surface area contributed by atoms with Crippen LogP contribution in [0.5, 0.6) is 0 Å². The van der Waals surface area contributed by atoms with Crippen molar-refractivity contribution < 1.29 is 18.0 Å². The van der Waals surface area contributed by atoms with Crippen LogP contribution in [0.1, 0.15) is 45.1 Å². The summed E-state index contributed by atoms with van der Waals surface area (Å²) in [5.74, 6) is -0.511. The molecule has 3 aromatic rings. The van der Waals surface area contributed by atoms with Gasteiger partial charge in [0.25, 0.3) is 10.0 Å². The Labute approximate surface area is 233 Å². The first kappa shape index (κ1) is 28.2. The Morgan fingerprint density at radius 1 is 1.05 bits per heavy atom. The Bertz CT molecular complexity index is 1460. The molecule has 1 atom stereocenters. The fraction of sp³-hybridized carbons (Fsp3) is 0.357. The van der Waals surface area contributed by atoms with Gasteiger partial charge in [-0.15, -0.1) is 0 Å². The lowest BCUT2D eigenvalue weighted by Gasteiger charge is -2.29. The van der Waals surface area contributed by atoms with Gasteiger partial charge in [-0.2, -0.15) is 0 Å². The van der Waals surface area contributed by atoms with E-state index in [0.29, 0.717) is 33.2 Å². The van der Waals surface area contributed by atoms with Gasteiger partial charge in [-0.25, -0.2) is 8.42 Å². The van der Waals surface area contributed by atoms with Crippen molar-refractivity contribution in [1.29, 1.82) is 0 Å². The summed E-state index contributed by atoms with van der Waals surface area (Å²) in [7, 11) is -3.70. The van der Waals surface area contributed by atoms with E-state index < -0.39 is 16.1 Å². The second-order valence-corrected chi connectivity index (χ2v) is 12.1. The van der Waals surface area contributed by atoms with Gasteiger partial charge in [0, 0.05) is 41.5 Å². The molecule has 1 N–H and O–H groups in total. The van der Waals surface area contributed by atoms with Crippen molar-refractivity contribution in [2.24, 2.45) is 0 Å². The molecule has 0 aliphatic carbocycles. The van der Waals surface area contributed by atoms with E-state index in [1.54, 1.807) is 43.3 Å². The molecule has 1 aliphatic heterocycles. The van der Waals surface area contributed by atoms with Crippen molar-refractivity contribution in [1.82, 2.24) is 10.2 Å². The van der Waals surface area contributed by atoms with Gasteiger partial charge in [-0.05, 0) is 55.0 Å². The van der Waals surface area contributed by atoms with Crippen molar-refractivity contribution in [3.8, 4) is 0 Å². The molecule has 0 spiro atoms. The summed E-state index contributed by atoms with van der Waals surface area (Å²) in [6.07, 6.45) is 2.14. The highest BCUT2D eigenvalue weighted by molar-refractivity contribution is 7.93. The van der Waals surface area contributed by atoms with E-state index in [1.165, 1.54) is 9.21 Å². The Morgan fingerprint density at radius 2 is 1.79 bits per heavy atom. The lowest BCUT2D eigenvalue weighted by Crippen LogP contribution is -2.48. The maximum atomic E-state index is 13.5. The molecule has 1 heterocycles. The van der Waals surface area contributed by atoms with E-state index in [1.807, 2.05) is 25.1 Å². The number of benzene rings is 3. The molecule has 0 saturated carbocycles. The summed E-state index contributed by atoms with van der Waals surface area (Å²) >= 11 is 12.4. The molecule has 10 heteroatoms. The highest BCUT2D eigenvalue weighted by Crippen LogP contribution is 2.42. The fourth-order valence-corrected chi connectivity index (χ4v) is 6.89. The molecule has 1 aliphatic rings. The Hall–Kier alpha value is -2.81. The maximum Gasteiger partial charge on any atom is 0.265 e. The number of halogens is 2. The van der Waals surface area contributed by atoms with Crippen molar-refractivity contribution >= 4 is 61.5 Å². The summed E-state index contributed by atoms with van der Waals surface area (Å²) in [4.78, 5) is 28.1. The monoisotopic (exact) mass is 575 g/mol. The lowest BCUT2D eigenvalue weighted by atomic mass is 10.1. The van der Waals surface area contributed by atoms with Crippen molar-refractivity contribution in [3.05, 3.63) is 70.2 Å². The Morgan fingerprint density at radius 3 is 2.50 bits per heavy atom. The van der Waals surface area contributed by atoms with Crippen LogP contribution in [0.4, 0.5) is 5.69 Å². The summed E-state index contributed by atoms with van der Waals surface area (Å²) < 4.78 is 27.9. The Kier molecular flexibility index (Phi) is 8.85. The van der Waals surface area contributed by atoms with Crippen LogP contribution >= 0.6 is 23.2 Å². The molecule has 7 nitrogen and oxygen atoms in total. The van der Waals surface area contributed by atoms with E-state index in [0.717, 1.165) is 18.2 Å². The van der Waals surface area contributed by atoms with Crippen LogP contribution in [0.15, 0.2) is 59.5 Å². The van der Waals surface area contributed by atoms with Crippen LogP contribution in [-0.2, 0) is 26.2 Å². The van der Waals surface area contributed by atoms with Gasteiger partial charge < -0.3 is 10.2 Å². The predicted molar refractivity (Wildman–Crippen MR) is 152 cm³/mol. The number of carbonyl (C=O) groups is 2. The quantitative estimate of drug-likeness (QED) is 0.294. The van der Waals surface area contributed by atoms with Gasteiger partial charge in [0.2, 0.25) is 11.8 Å². The molecule has 2 amide bonds. The van der Waals surface area contributed by atoms with Crippen molar-refractivity contribution in [2.75, 3.05) is 17.4 Å². The number of hydrogen-bond donors (Lipinski definition) is 1. The maximum absolute atomic E-state index is 13.5. The summed E-state index contributed by atoms with van der Waals surface area (Å²) in [6, 6.07) is 15.0. The van der Waals surface area contributed by atoms with E-state index in [2.05, 4.69) is 5.32 Å². The first-order chi connectivity index (χ1) is 18.1. The highest BCUT2D eigenvalue weighted by Gasteiger charge is 2.35. The largest absolute Gasteiger partial charge is 0.354 e. The molecule has 0 bridgehead atoms. The van der Waals surface area contributed by atoms with Gasteiger partial charge in [0.1, 0.15) is 6.04 Å². The average molecular weight is 577 g/mol. The van der Waals surface area contributed by atoms with Crippen LogP contribution in [0.3, 0.4) is 0 Å². The third kappa shape index (κ3) is 5.77. The first-order valence-electron chi connectivity index (χ1n) is 12.7. The molecular weight excluding hydrogens is 545 g/mol. The molecule has 0 radical (unpaired) electrons. The number of amides is 2. The average Bonchev–Trinajstić information content (AvgIpc) is 3.11. The lowest BCUT2D eigenvalue weighted by molar-refractivity contribution is -0.140. The minimum atomic E-state index is -3.70. The minimum absolute atomic E-state index is 0.0656. The van der Waals surface area contributed by atoms with Crippen LogP contribution in [0, 0.1) is 0 Å². The molecule has 4 rings (SSSR count). The summed E-state index contributed by atoms with van der Waals surface area (Å²) in [5.41, 5.74) is 1.29. The topological polar surface area (TPSA) is 86.8 Å². The van der Waals surface area contributed by atoms with Gasteiger partial charge >= 0.3 is 0 Å². The van der Waals surface area contributed by atoms with E-state index >= 15 is 0 Å². The van der Waals surface area contributed by atoms with Crippen LogP contribution < -0.4 is 9.62 Å². The second kappa shape index (κ2) is 11.9. The zero-order valence-corrected chi connectivity index (χ0v) is 23.7. The molecule has 0 saturated heterocycles. The smallest absolute Gasteiger partial charge is 0.265 e. The van der Waals surface area contributed by atoms with Crippen molar-refractivity contribution in [2.45, 2.75) is 57.0 Å². The molecule has 0 fully saturated rings. The number of carbonyl (C=O) groups excluding carboxylic acids is 2. The number of hydrogen-bond acceptors (Lipinski definition) is 4. The highest BCUT2D eigenvalue weighted by atomic mass is 35.5. The standard InChI is InChI=1S/C28H31Cl2N3O4S/c1-3-4-15-31-28(35)19(2)32(18-21-13-14-22(29)17-23(21)30)26(34)12-7-16-33-24-10-5-8-20-9-6-11-25(27(20)24)38(33,36)37/h5-6,8-11,13-14,17,19H,3-4,7,12,15-16,18H2,1-2H3,(H,31,35)/t19-/m1/s1. The summed E-state index contributed by atoms with van der Waals surface area (Å²) in [5, 5.41) is 5.33. The fourth-order valence-electron chi connectivity index (χ4n) is 4.67. The zero-order chi connectivity index (χ0) is 27.4. The van der Waals surface area contributed by atoms with Gasteiger partial charge in [-0.3, -0.25) is 13.9 Å². The van der Waals surface area contributed by atoms with Crippen LogP contribution in [0.2, 0.25) is 10.0 Å². The second-order valence-electron chi connectivity index (χ2n) is 9.39. The van der Waals surface area contributed by atoms with E-state index in [-0.39, 0.29) is 42.6 Å². The van der Waals surface area contributed by atoms with Crippen LogP contribution in [0.25, 0.3) is 10.8 Å². The number of unbranched alkanes of at least 4 members (excludes halogenated alkanes) is 1. The number of nitrogens with zero attached hydrogens (tertiary/aromatic N) is 2. The van der Waals surface area contributed by atoms with Gasteiger partial charge in [-0.1, -0.05) is 66.9 Å². The van der Waals surface area contributed by atoms with E-state index in [9.17, 15) is 18.0 Å². The predicted octanol–water partition coefficient (Wildman–Crippen LogP) is 5.77. The number of nitrogens with one attached hydrogen (secondary N) is 1. The first-order valence-corrected chi connectivity index (χ1v) is 14.9. The SMILES string of the molecule is CCCCNC(=O)[C@@H](C)N(Cc1ccc(Cl)cc1Cl)C(=O)CCCN1c2cccc3cccc(c23)S1(=O)=O. The number of sulfonamides is 1. The number of rotatable bonds is 11. The Balaban J connectivity index is 1.49. The van der Waals surface area contributed by atoms with Gasteiger partial charge in [0.15, 0.2) is 0 Å². The molecule has 0 aromatic heterocycles. The molecule has 0 unspecified atom stereocenters. The normalized spacial score (nSPS) is 14.5. The van der Waals surface area contributed by atoms with Crippen molar-refractivity contribution in [3.63, 3.8) is 0 Å². The molecule has 202 valence electrons. The molecule has 38 heavy (non-hydrogen) atoms. The zero-order valence-electron chi connectivity index (χ0n) is 21.4. The van der Waals surface area contributed by atoms with E-state index in [4.69, 9.17) is 23.2 Å². The van der Waals surface area contributed by atoms with Crippen LogP contribution in [-0.4, -0.2) is 44.3 Å². The number of anilines is 1. The summed E-state index contributed by atoms with van der Waals surface area (Å²) in [6.45, 7) is 4.53.